The van der Waals surface area contributed by atoms with Crippen molar-refractivity contribution in [1.82, 2.24) is 4.90 Å². The predicted molar refractivity (Wildman–Crippen MR) is 85.9 cm³/mol. The third-order valence-electron chi connectivity index (χ3n) is 3.49. The number of halogens is 1. The summed E-state index contributed by atoms with van der Waals surface area (Å²) in [5, 5.41) is 5.69. The number of fused-ring (bicyclic) bond motifs is 1. The average Bonchev–Trinajstić information content (AvgIpc) is 2.88. The quantitative estimate of drug-likeness (QED) is 0.908. The zero-order valence-corrected chi connectivity index (χ0v) is 13.1. The average molecular weight is 337 g/mol. The van der Waals surface area contributed by atoms with E-state index in [4.69, 9.17) is 0 Å². The van der Waals surface area contributed by atoms with Crippen LogP contribution in [0.2, 0.25) is 0 Å². The standard InChI is InChI=1S/C15H17BrN2S/c16-13-1-3-14(4-2-13)17-7-9-18-8-5-15-12(11-18)6-10-19-15/h1-4,6,10,17H,5,7-9,11H2. The lowest BCUT2D eigenvalue weighted by Crippen LogP contribution is -2.33. The van der Waals surface area contributed by atoms with E-state index in [0.717, 1.165) is 24.1 Å². The molecule has 1 N–H and O–H groups in total. The number of hydrogen-bond acceptors (Lipinski definition) is 3. The van der Waals surface area contributed by atoms with E-state index in [-0.39, 0.29) is 0 Å². The van der Waals surface area contributed by atoms with Gasteiger partial charge in [0, 0.05) is 41.2 Å². The molecule has 1 aromatic carbocycles. The number of anilines is 1. The Morgan fingerprint density at radius 2 is 2.05 bits per heavy atom. The first-order valence-electron chi connectivity index (χ1n) is 6.58. The van der Waals surface area contributed by atoms with Crippen molar-refractivity contribution in [2.45, 2.75) is 13.0 Å². The Bertz CT molecular complexity index is 535. The zero-order chi connectivity index (χ0) is 13.1. The molecule has 0 fully saturated rings. The van der Waals surface area contributed by atoms with Crippen LogP contribution in [-0.4, -0.2) is 24.5 Å². The number of rotatable bonds is 4. The van der Waals surface area contributed by atoms with Gasteiger partial charge in [-0.25, -0.2) is 0 Å². The van der Waals surface area contributed by atoms with Gasteiger partial charge in [0.2, 0.25) is 0 Å². The van der Waals surface area contributed by atoms with E-state index >= 15 is 0 Å². The van der Waals surface area contributed by atoms with Gasteiger partial charge in [-0.1, -0.05) is 15.9 Å². The number of nitrogens with one attached hydrogen (secondary N) is 1. The SMILES string of the molecule is Brc1ccc(NCCN2CCc3sccc3C2)cc1. The normalized spacial score (nSPS) is 15.2. The summed E-state index contributed by atoms with van der Waals surface area (Å²) in [6.07, 6.45) is 1.21. The minimum absolute atomic E-state index is 1.00. The smallest absolute Gasteiger partial charge is 0.0341 e. The fraction of sp³-hybridized carbons (Fsp3) is 0.333. The maximum atomic E-state index is 3.48. The summed E-state index contributed by atoms with van der Waals surface area (Å²) in [6.45, 7) is 4.41. The van der Waals surface area contributed by atoms with Crippen molar-refractivity contribution in [2.75, 3.05) is 25.0 Å². The zero-order valence-electron chi connectivity index (χ0n) is 10.7. The molecule has 2 aromatic rings. The molecule has 100 valence electrons. The van der Waals surface area contributed by atoms with Crippen LogP contribution in [0.5, 0.6) is 0 Å². The van der Waals surface area contributed by atoms with Crippen molar-refractivity contribution < 1.29 is 0 Å². The molecular weight excluding hydrogens is 320 g/mol. The molecule has 0 saturated carbocycles. The maximum absolute atomic E-state index is 3.48. The van der Waals surface area contributed by atoms with Crippen molar-refractivity contribution >= 4 is 33.0 Å². The van der Waals surface area contributed by atoms with Gasteiger partial charge in [0.05, 0.1) is 0 Å². The number of hydrogen-bond donors (Lipinski definition) is 1. The fourth-order valence-corrected chi connectivity index (χ4v) is 3.58. The second-order valence-corrected chi connectivity index (χ2v) is 6.75. The van der Waals surface area contributed by atoms with Crippen molar-refractivity contribution in [3.05, 3.63) is 50.6 Å². The Kier molecular flexibility index (Phi) is 4.21. The minimum Gasteiger partial charge on any atom is -0.384 e. The highest BCUT2D eigenvalue weighted by Gasteiger charge is 2.16. The van der Waals surface area contributed by atoms with Crippen LogP contribution in [0, 0.1) is 0 Å². The van der Waals surface area contributed by atoms with Crippen LogP contribution in [0.1, 0.15) is 10.4 Å². The fourth-order valence-electron chi connectivity index (χ4n) is 2.42. The molecule has 4 heteroatoms. The summed E-state index contributed by atoms with van der Waals surface area (Å²) in [4.78, 5) is 4.11. The molecule has 1 aliphatic heterocycles. The third kappa shape index (κ3) is 3.38. The Morgan fingerprint density at radius 1 is 1.21 bits per heavy atom. The second kappa shape index (κ2) is 6.07. The molecule has 0 amide bonds. The first-order valence-corrected chi connectivity index (χ1v) is 8.25. The van der Waals surface area contributed by atoms with E-state index in [9.17, 15) is 0 Å². The molecule has 0 unspecified atom stereocenters. The Morgan fingerprint density at radius 3 is 2.89 bits per heavy atom. The van der Waals surface area contributed by atoms with Gasteiger partial charge in [0.15, 0.2) is 0 Å². The van der Waals surface area contributed by atoms with Crippen LogP contribution in [0.25, 0.3) is 0 Å². The van der Waals surface area contributed by atoms with Crippen LogP contribution >= 0.6 is 27.3 Å². The summed E-state index contributed by atoms with van der Waals surface area (Å²) in [5.41, 5.74) is 2.72. The second-order valence-electron chi connectivity index (χ2n) is 4.83. The molecule has 2 heterocycles. The van der Waals surface area contributed by atoms with Crippen molar-refractivity contribution in [3.8, 4) is 0 Å². The number of nitrogens with zero attached hydrogens (tertiary/aromatic N) is 1. The first kappa shape index (κ1) is 13.2. The minimum atomic E-state index is 1.00. The van der Waals surface area contributed by atoms with Crippen LogP contribution < -0.4 is 5.32 Å². The summed E-state index contributed by atoms with van der Waals surface area (Å²) >= 11 is 5.36. The molecule has 2 nitrogen and oxygen atoms in total. The molecule has 0 bridgehead atoms. The molecule has 0 aliphatic carbocycles. The Hall–Kier alpha value is -0.840. The highest BCUT2D eigenvalue weighted by atomic mass is 79.9. The molecule has 19 heavy (non-hydrogen) atoms. The Balaban J connectivity index is 1.47. The van der Waals surface area contributed by atoms with Gasteiger partial charge in [-0.2, -0.15) is 0 Å². The van der Waals surface area contributed by atoms with Crippen molar-refractivity contribution in [1.29, 1.82) is 0 Å². The number of benzene rings is 1. The van der Waals surface area contributed by atoms with Gasteiger partial charge in [-0.15, -0.1) is 11.3 Å². The molecule has 0 radical (unpaired) electrons. The molecule has 0 atom stereocenters. The Labute approximate surface area is 126 Å². The molecule has 0 saturated heterocycles. The monoisotopic (exact) mass is 336 g/mol. The first-order chi connectivity index (χ1) is 9.31. The molecule has 1 aliphatic rings. The number of thiophene rings is 1. The highest BCUT2D eigenvalue weighted by Crippen LogP contribution is 2.23. The topological polar surface area (TPSA) is 15.3 Å². The third-order valence-corrected chi connectivity index (χ3v) is 5.04. The predicted octanol–water partition coefficient (Wildman–Crippen LogP) is 3.98. The van der Waals surface area contributed by atoms with E-state index in [1.54, 1.807) is 4.88 Å². The molecular formula is C15H17BrN2S. The lowest BCUT2D eigenvalue weighted by atomic mass is 10.1. The van der Waals surface area contributed by atoms with E-state index in [0.29, 0.717) is 0 Å². The van der Waals surface area contributed by atoms with Gasteiger partial charge in [-0.05, 0) is 47.7 Å². The summed E-state index contributed by atoms with van der Waals surface area (Å²) in [7, 11) is 0. The van der Waals surface area contributed by atoms with Crippen LogP contribution in [0.4, 0.5) is 5.69 Å². The van der Waals surface area contributed by atoms with Gasteiger partial charge in [0.1, 0.15) is 0 Å². The maximum Gasteiger partial charge on any atom is 0.0341 e. The van der Waals surface area contributed by atoms with E-state index in [1.165, 1.54) is 24.2 Å². The highest BCUT2D eigenvalue weighted by molar-refractivity contribution is 9.10. The van der Waals surface area contributed by atoms with Crippen LogP contribution in [0.15, 0.2) is 40.2 Å². The van der Waals surface area contributed by atoms with Gasteiger partial charge in [0.25, 0.3) is 0 Å². The molecule has 0 spiro atoms. The van der Waals surface area contributed by atoms with E-state index in [1.807, 2.05) is 11.3 Å². The summed E-state index contributed by atoms with van der Waals surface area (Å²) in [6, 6.07) is 10.6. The molecule has 1 aromatic heterocycles. The largest absolute Gasteiger partial charge is 0.384 e. The van der Waals surface area contributed by atoms with Crippen LogP contribution in [0.3, 0.4) is 0 Å². The summed E-state index contributed by atoms with van der Waals surface area (Å²) < 4.78 is 1.12. The summed E-state index contributed by atoms with van der Waals surface area (Å²) in [5.74, 6) is 0. The lowest BCUT2D eigenvalue weighted by molar-refractivity contribution is 0.266. The molecule has 3 rings (SSSR count). The van der Waals surface area contributed by atoms with Gasteiger partial charge in [-0.3, -0.25) is 4.90 Å². The van der Waals surface area contributed by atoms with Crippen molar-refractivity contribution in [2.24, 2.45) is 0 Å². The van der Waals surface area contributed by atoms with E-state index < -0.39 is 0 Å². The van der Waals surface area contributed by atoms with Gasteiger partial charge >= 0.3 is 0 Å². The van der Waals surface area contributed by atoms with Crippen LogP contribution in [-0.2, 0) is 13.0 Å². The van der Waals surface area contributed by atoms with E-state index in [2.05, 4.69) is 61.9 Å². The van der Waals surface area contributed by atoms with Crippen molar-refractivity contribution in [3.63, 3.8) is 0 Å². The lowest BCUT2D eigenvalue weighted by Gasteiger charge is -2.26. The van der Waals surface area contributed by atoms with Gasteiger partial charge < -0.3 is 5.32 Å².